The Morgan fingerprint density at radius 1 is 1.05 bits per heavy atom. The molecule has 0 unspecified atom stereocenters. The van der Waals surface area contributed by atoms with Gasteiger partial charge in [0.1, 0.15) is 0 Å². The molecule has 0 aliphatic rings. The van der Waals surface area contributed by atoms with Crippen molar-refractivity contribution in [2.24, 2.45) is 0 Å². The quantitative estimate of drug-likeness (QED) is 0.774. The van der Waals surface area contributed by atoms with Crippen LogP contribution in [0.3, 0.4) is 0 Å². The molecule has 0 aliphatic heterocycles. The molecule has 0 aliphatic carbocycles. The fraction of sp³-hybridized carbons (Fsp3) is 0.632. The molecule has 0 aromatic heterocycles. The molecule has 0 heterocycles. The summed E-state index contributed by atoms with van der Waals surface area (Å²) < 4.78 is 4.80. The van der Waals surface area contributed by atoms with E-state index in [2.05, 4.69) is 72.8 Å². The van der Waals surface area contributed by atoms with Crippen molar-refractivity contribution in [3.05, 3.63) is 28.8 Å². The standard InChI is InChI=1S/C19H31NO2/c1-12(2)14-10-13(18(3,4)5)11-15(19(6,7)8)16(14)20-17(21)22-9/h10-12H,1-9H3,(H,20,21). The van der Waals surface area contributed by atoms with Crippen LogP contribution in [0.4, 0.5) is 10.5 Å². The molecule has 0 fully saturated rings. The minimum Gasteiger partial charge on any atom is -0.453 e. The van der Waals surface area contributed by atoms with Crippen molar-refractivity contribution in [2.75, 3.05) is 12.4 Å². The molecule has 0 saturated heterocycles. The van der Waals surface area contributed by atoms with Gasteiger partial charge in [0.05, 0.1) is 12.8 Å². The van der Waals surface area contributed by atoms with E-state index in [1.54, 1.807) is 0 Å². The summed E-state index contributed by atoms with van der Waals surface area (Å²) in [7, 11) is 1.39. The Labute approximate surface area is 135 Å². The third-order valence-corrected chi connectivity index (χ3v) is 3.88. The van der Waals surface area contributed by atoms with Gasteiger partial charge in [-0.05, 0) is 33.4 Å². The lowest BCUT2D eigenvalue weighted by molar-refractivity contribution is 0.187. The third kappa shape index (κ3) is 4.25. The zero-order chi connectivity index (χ0) is 17.3. The first-order valence-electron chi connectivity index (χ1n) is 7.91. The molecule has 0 saturated carbocycles. The first kappa shape index (κ1) is 18.5. The molecule has 0 atom stereocenters. The predicted molar refractivity (Wildman–Crippen MR) is 94.0 cm³/mol. The van der Waals surface area contributed by atoms with Crippen molar-refractivity contribution in [2.45, 2.75) is 72.1 Å². The fourth-order valence-electron chi connectivity index (χ4n) is 2.44. The van der Waals surface area contributed by atoms with Crippen LogP contribution >= 0.6 is 0 Å². The molecule has 1 N–H and O–H groups in total. The predicted octanol–water partition coefficient (Wildman–Crippen LogP) is 5.58. The van der Waals surface area contributed by atoms with Crippen LogP contribution in [0.5, 0.6) is 0 Å². The number of benzene rings is 1. The van der Waals surface area contributed by atoms with E-state index in [1.165, 1.54) is 12.7 Å². The zero-order valence-corrected chi connectivity index (χ0v) is 15.5. The lowest BCUT2D eigenvalue weighted by Crippen LogP contribution is -2.23. The summed E-state index contributed by atoms with van der Waals surface area (Å²) >= 11 is 0. The van der Waals surface area contributed by atoms with Gasteiger partial charge in [-0.25, -0.2) is 4.79 Å². The van der Waals surface area contributed by atoms with E-state index in [9.17, 15) is 4.79 Å². The van der Waals surface area contributed by atoms with Gasteiger partial charge in [-0.15, -0.1) is 0 Å². The largest absolute Gasteiger partial charge is 0.453 e. The number of methoxy groups -OCH3 is 1. The third-order valence-electron chi connectivity index (χ3n) is 3.88. The van der Waals surface area contributed by atoms with Gasteiger partial charge in [0, 0.05) is 0 Å². The Morgan fingerprint density at radius 2 is 1.59 bits per heavy atom. The highest BCUT2D eigenvalue weighted by Gasteiger charge is 2.26. The molecular formula is C19H31NO2. The van der Waals surface area contributed by atoms with Crippen LogP contribution in [-0.2, 0) is 15.6 Å². The summed E-state index contributed by atoms with van der Waals surface area (Å²) in [4.78, 5) is 11.8. The Hall–Kier alpha value is -1.51. The van der Waals surface area contributed by atoms with Gasteiger partial charge in [-0.1, -0.05) is 67.5 Å². The van der Waals surface area contributed by atoms with Crippen molar-refractivity contribution in [1.82, 2.24) is 0 Å². The van der Waals surface area contributed by atoms with Crippen LogP contribution in [0.1, 0.15) is 78.0 Å². The van der Waals surface area contributed by atoms with Crippen LogP contribution in [-0.4, -0.2) is 13.2 Å². The molecule has 3 nitrogen and oxygen atoms in total. The van der Waals surface area contributed by atoms with Crippen LogP contribution in [0.15, 0.2) is 12.1 Å². The van der Waals surface area contributed by atoms with Crippen LogP contribution in [0.25, 0.3) is 0 Å². The average Bonchev–Trinajstić information content (AvgIpc) is 2.35. The van der Waals surface area contributed by atoms with E-state index in [-0.39, 0.29) is 10.8 Å². The minimum absolute atomic E-state index is 0.0629. The zero-order valence-electron chi connectivity index (χ0n) is 15.5. The smallest absolute Gasteiger partial charge is 0.411 e. The molecule has 1 amide bonds. The second-order valence-corrected chi connectivity index (χ2v) is 8.26. The van der Waals surface area contributed by atoms with Gasteiger partial charge >= 0.3 is 6.09 Å². The normalized spacial score (nSPS) is 12.5. The summed E-state index contributed by atoms with van der Waals surface area (Å²) in [5.41, 5.74) is 4.48. The molecule has 0 radical (unpaired) electrons. The van der Waals surface area contributed by atoms with Gasteiger partial charge in [0.2, 0.25) is 0 Å². The average molecular weight is 305 g/mol. The molecule has 3 heteroatoms. The number of hydrogen-bond donors (Lipinski definition) is 1. The number of rotatable bonds is 2. The minimum atomic E-state index is -0.420. The first-order chi connectivity index (χ1) is 9.87. The molecule has 124 valence electrons. The van der Waals surface area contributed by atoms with Gasteiger partial charge in [-0.2, -0.15) is 0 Å². The maximum absolute atomic E-state index is 11.8. The number of hydrogen-bond acceptors (Lipinski definition) is 2. The Kier molecular flexibility index (Phi) is 5.32. The number of carbonyl (C=O) groups excluding carboxylic acids is 1. The number of nitrogens with one attached hydrogen (secondary N) is 1. The van der Waals surface area contributed by atoms with E-state index in [4.69, 9.17) is 4.74 Å². The number of ether oxygens (including phenoxy) is 1. The lowest BCUT2D eigenvalue weighted by Gasteiger charge is -2.30. The SMILES string of the molecule is COC(=O)Nc1c(C(C)C)cc(C(C)(C)C)cc1C(C)(C)C. The highest BCUT2D eigenvalue weighted by Crippen LogP contribution is 2.39. The Bertz CT molecular complexity index is 546. The maximum Gasteiger partial charge on any atom is 0.411 e. The van der Waals surface area contributed by atoms with E-state index in [1.807, 2.05) is 0 Å². The van der Waals surface area contributed by atoms with Crippen molar-refractivity contribution < 1.29 is 9.53 Å². The highest BCUT2D eigenvalue weighted by atomic mass is 16.5. The van der Waals surface area contributed by atoms with Crippen LogP contribution in [0.2, 0.25) is 0 Å². The van der Waals surface area contributed by atoms with E-state index in [0.717, 1.165) is 16.8 Å². The highest BCUT2D eigenvalue weighted by molar-refractivity contribution is 5.87. The maximum atomic E-state index is 11.8. The second kappa shape index (κ2) is 6.31. The second-order valence-electron chi connectivity index (χ2n) is 8.26. The number of amides is 1. The molecule has 1 rings (SSSR count). The van der Waals surface area contributed by atoms with Gasteiger partial charge in [0.25, 0.3) is 0 Å². The molecular weight excluding hydrogens is 274 g/mol. The lowest BCUT2D eigenvalue weighted by atomic mass is 9.77. The number of anilines is 1. The van der Waals surface area contributed by atoms with E-state index < -0.39 is 6.09 Å². The molecule has 0 spiro atoms. The van der Waals surface area contributed by atoms with E-state index >= 15 is 0 Å². The Balaban J connectivity index is 3.67. The van der Waals surface area contributed by atoms with Gasteiger partial charge < -0.3 is 4.74 Å². The van der Waals surface area contributed by atoms with Crippen LogP contribution < -0.4 is 5.32 Å². The van der Waals surface area contributed by atoms with Crippen LogP contribution in [0, 0.1) is 0 Å². The summed E-state index contributed by atoms with van der Waals surface area (Å²) in [6, 6.07) is 4.43. The topological polar surface area (TPSA) is 38.3 Å². The van der Waals surface area contributed by atoms with Crippen molar-refractivity contribution >= 4 is 11.8 Å². The van der Waals surface area contributed by atoms with Crippen molar-refractivity contribution in [3.63, 3.8) is 0 Å². The Morgan fingerprint density at radius 3 is 1.95 bits per heavy atom. The molecule has 22 heavy (non-hydrogen) atoms. The van der Waals surface area contributed by atoms with Crippen molar-refractivity contribution in [3.8, 4) is 0 Å². The van der Waals surface area contributed by atoms with E-state index in [0.29, 0.717) is 5.92 Å². The summed E-state index contributed by atoms with van der Waals surface area (Å²) in [6.07, 6.45) is -0.420. The first-order valence-corrected chi connectivity index (χ1v) is 7.91. The summed E-state index contributed by atoms with van der Waals surface area (Å²) in [5, 5.41) is 2.93. The summed E-state index contributed by atoms with van der Waals surface area (Å²) in [6.45, 7) is 17.4. The molecule has 1 aromatic carbocycles. The van der Waals surface area contributed by atoms with Gasteiger partial charge in [0.15, 0.2) is 0 Å². The van der Waals surface area contributed by atoms with Crippen molar-refractivity contribution in [1.29, 1.82) is 0 Å². The fourth-order valence-corrected chi connectivity index (χ4v) is 2.44. The molecule has 0 bridgehead atoms. The number of carbonyl (C=O) groups is 1. The molecule has 1 aromatic rings. The van der Waals surface area contributed by atoms with Gasteiger partial charge in [-0.3, -0.25) is 5.32 Å². The summed E-state index contributed by atoms with van der Waals surface area (Å²) in [5.74, 6) is 0.315. The monoisotopic (exact) mass is 305 g/mol.